The average molecular weight is 248 g/mol. The molecule has 0 amide bonds. The van der Waals surface area contributed by atoms with Crippen LogP contribution in [0.3, 0.4) is 0 Å². The van der Waals surface area contributed by atoms with Gasteiger partial charge in [-0.25, -0.2) is 0 Å². The first-order valence-corrected chi connectivity index (χ1v) is 6.75. The first kappa shape index (κ1) is 11.8. The summed E-state index contributed by atoms with van der Waals surface area (Å²) in [5, 5.41) is 23.0. The van der Waals surface area contributed by atoms with Crippen molar-refractivity contribution in [3.8, 4) is 11.5 Å². The molecule has 0 radical (unpaired) electrons. The summed E-state index contributed by atoms with van der Waals surface area (Å²) >= 11 is 0. The molecule has 98 valence electrons. The van der Waals surface area contributed by atoms with Crippen molar-refractivity contribution < 1.29 is 10.2 Å². The molecule has 0 saturated carbocycles. The van der Waals surface area contributed by atoms with Gasteiger partial charge in [0, 0.05) is 18.2 Å². The molecule has 18 heavy (non-hydrogen) atoms. The minimum absolute atomic E-state index is 0.00410. The molecule has 0 spiro atoms. The summed E-state index contributed by atoms with van der Waals surface area (Å²) < 4.78 is 0. The van der Waals surface area contributed by atoms with Gasteiger partial charge in [-0.1, -0.05) is 6.07 Å². The third kappa shape index (κ3) is 2.06. The van der Waals surface area contributed by atoms with E-state index in [0.717, 1.165) is 30.6 Å². The van der Waals surface area contributed by atoms with Gasteiger partial charge in [0.25, 0.3) is 0 Å². The third-order valence-corrected chi connectivity index (χ3v) is 4.08. The summed E-state index contributed by atoms with van der Waals surface area (Å²) in [4.78, 5) is 2.47. The first-order valence-electron chi connectivity index (χ1n) is 6.75. The van der Waals surface area contributed by atoms with E-state index in [1.165, 1.54) is 25.9 Å². The van der Waals surface area contributed by atoms with Gasteiger partial charge in [0.1, 0.15) is 0 Å². The Hall–Kier alpha value is -1.26. The normalized spacial score (nSPS) is 24.1. The van der Waals surface area contributed by atoms with Crippen LogP contribution in [0.4, 0.5) is 0 Å². The number of phenolic OH excluding ortho intramolecular Hbond substituents is 2. The zero-order chi connectivity index (χ0) is 12.5. The smallest absolute Gasteiger partial charge is 0.161 e. The van der Waals surface area contributed by atoms with Gasteiger partial charge < -0.3 is 20.4 Å². The molecule has 1 unspecified atom stereocenters. The molecule has 2 aliphatic rings. The maximum Gasteiger partial charge on any atom is 0.161 e. The molecule has 3 rings (SSSR count). The largest absolute Gasteiger partial charge is 0.504 e. The fourth-order valence-electron chi connectivity index (χ4n) is 3.10. The lowest BCUT2D eigenvalue weighted by atomic mass is 9.93. The molecule has 1 saturated heterocycles. The van der Waals surface area contributed by atoms with Crippen molar-refractivity contribution in [1.29, 1.82) is 0 Å². The first-order chi connectivity index (χ1) is 8.75. The van der Waals surface area contributed by atoms with E-state index in [2.05, 4.69) is 10.2 Å². The van der Waals surface area contributed by atoms with Crippen molar-refractivity contribution in [1.82, 2.24) is 10.2 Å². The van der Waals surface area contributed by atoms with Crippen LogP contribution >= 0.6 is 0 Å². The van der Waals surface area contributed by atoms with E-state index >= 15 is 0 Å². The van der Waals surface area contributed by atoms with Crippen LogP contribution in [0.2, 0.25) is 0 Å². The number of aromatic hydroxyl groups is 2. The summed E-state index contributed by atoms with van der Waals surface area (Å²) in [5.41, 5.74) is 2.06. The number of likely N-dealkylation sites (tertiary alicyclic amines) is 1. The SMILES string of the molecule is Oc1ccc2c(c1O)CCNC2CN1CCCC1. The molecule has 0 aliphatic carbocycles. The summed E-state index contributed by atoms with van der Waals surface area (Å²) in [5.74, 6) is 0.0657. The monoisotopic (exact) mass is 248 g/mol. The van der Waals surface area contributed by atoms with E-state index in [0.29, 0.717) is 0 Å². The molecular formula is C14H20N2O2. The predicted molar refractivity (Wildman–Crippen MR) is 69.9 cm³/mol. The second-order valence-electron chi connectivity index (χ2n) is 5.27. The van der Waals surface area contributed by atoms with Crippen LogP contribution in [0.1, 0.15) is 30.0 Å². The van der Waals surface area contributed by atoms with Crippen LogP contribution < -0.4 is 5.32 Å². The number of fused-ring (bicyclic) bond motifs is 1. The van der Waals surface area contributed by atoms with Crippen molar-refractivity contribution in [2.45, 2.75) is 25.3 Å². The Balaban J connectivity index is 1.85. The van der Waals surface area contributed by atoms with Crippen LogP contribution in [-0.2, 0) is 6.42 Å². The Bertz CT molecular complexity index is 442. The van der Waals surface area contributed by atoms with E-state index < -0.39 is 0 Å². The summed E-state index contributed by atoms with van der Waals surface area (Å²) in [6.45, 7) is 4.22. The fraction of sp³-hybridized carbons (Fsp3) is 0.571. The zero-order valence-electron chi connectivity index (χ0n) is 10.5. The van der Waals surface area contributed by atoms with E-state index in [-0.39, 0.29) is 17.5 Å². The van der Waals surface area contributed by atoms with Gasteiger partial charge in [-0.15, -0.1) is 0 Å². The van der Waals surface area contributed by atoms with E-state index in [4.69, 9.17) is 0 Å². The molecule has 2 aliphatic heterocycles. The minimum Gasteiger partial charge on any atom is -0.504 e. The van der Waals surface area contributed by atoms with Crippen molar-refractivity contribution in [2.24, 2.45) is 0 Å². The molecule has 1 fully saturated rings. The van der Waals surface area contributed by atoms with Crippen molar-refractivity contribution >= 4 is 0 Å². The number of nitrogens with one attached hydrogen (secondary N) is 1. The quantitative estimate of drug-likeness (QED) is 0.692. The molecule has 0 aromatic heterocycles. The highest BCUT2D eigenvalue weighted by atomic mass is 16.3. The molecule has 1 atom stereocenters. The van der Waals surface area contributed by atoms with Crippen molar-refractivity contribution in [3.63, 3.8) is 0 Å². The van der Waals surface area contributed by atoms with E-state index in [9.17, 15) is 10.2 Å². The van der Waals surface area contributed by atoms with E-state index in [1.807, 2.05) is 6.07 Å². The van der Waals surface area contributed by atoms with Gasteiger partial charge >= 0.3 is 0 Å². The standard InChI is InChI=1S/C14H20N2O2/c17-13-4-3-10-11(14(13)18)5-6-15-12(10)9-16-7-1-2-8-16/h3-4,12,15,17-18H,1-2,5-9H2. The highest BCUT2D eigenvalue weighted by Gasteiger charge is 2.26. The molecule has 2 heterocycles. The number of hydrogen-bond donors (Lipinski definition) is 3. The Morgan fingerprint density at radius 2 is 2.00 bits per heavy atom. The van der Waals surface area contributed by atoms with Crippen molar-refractivity contribution in [2.75, 3.05) is 26.2 Å². The summed E-state index contributed by atoms with van der Waals surface area (Å²) in [7, 11) is 0. The highest BCUT2D eigenvalue weighted by molar-refractivity contribution is 5.51. The van der Waals surface area contributed by atoms with Crippen LogP contribution in [-0.4, -0.2) is 41.3 Å². The van der Waals surface area contributed by atoms with Gasteiger partial charge in [0.15, 0.2) is 11.5 Å². The number of benzene rings is 1. The van der Waals surface area contributed by atoms with Gasteiger partial charge in [0.2, 0.25) is 0 Å². The number of hydrogen-bond acceptors (Lipinski definition) is 4. The lowest BCUT2D eigenvalue weighted by molar-refractivity contribution is 0.285. The van der Waals surface area contributed by atoms with Crippen LogP contribution in [0.15, 0.2) is 12.1 Å². The molecule has 4 nitrogen and oxygen atoms in total. The maximum absolute atomic E-state index is 9.93. The topological polar surface area (TPSA) is 55.7 Å². The molecule has 4 heteroatoms. The lowest BCUT2D eigenvalue weighted by Crippen LogP contribution is -2.38. The second-order valence-corrected chi connectivity index (χ2v) is 5.27. The lowest BCUT2D eigenvalue weighted by Gasteiger charge is -2.30. The third-order valence-electron chi connectivity index (χ3n) is 4.08. The Morgan fingerprint density at radius 3 is 2.78 bits per heavy atom. The Kier molecular flexibility index (Phi) is 3.14. The molecule has 0 bridgehead atoms. The van der Waals surface area contributed by atoms with E-state index in [1.54, 1.807) is 6.07 Å². The van der Waals surface area contributed by atoms with Crippen LogP contribution in [0.25, 0.3) is 0 Å². The zero-order valence-corrected chi connectivity index (χ0v) is 10.5. The summed E-state index contributed by atoms with van der Waals surface area (Å²) in [6.07, 6.45) is 3.37. The fourth-order valence-corrected chi connectivity index (χ4v) is 3.10. The van der Waals surface area contributed by atoms with Crippen molar-refractivity contribution in [3.05, 3.63) is 23.3 Å². The number of phenols is 2. The molecule has 1 aromatic rings. The van der Waals surface area contributed by atoms with Crippen LogP contribution in [0.5, 0.6) is 11.5 Å². The molecule has 1 aromatic carbocycles. The Labute approximate surface area is 107 Å². The van der Waals surface area contributed by atoms with Crippen LogP contribution in [0, 0.1) is 0 Å². The second kappa shape index (κ2) is 4.78. The minimum atomic E-state index is -0.00410. The average Bonchev–Trinajstić information content (AvgIpc) is 2.87. The predicted octanol–water partition coefficient (Wildman–Crippen LogP) is 1.38. The number of nitrogens with zero attached hydrogens (tertiary/aromatic N) is 1. The summed E-state index contributed by atoms with van der Waals surface area (Å²) in [6, 6.07) is 3.81. The molecule has 3 N–H and O–H groups in total. The highest BCUT2D eigenvalue weighted by Crippen LogP contribution is 2.36. The number of rotatable bonds is 2. The maximum atomic E-state index is 9.93. The Morgan fingerprint density at radius 1 is 1.22 bits per heavy atom. The molecular weight excluding hydrogens is 228 g/mol. The van der Waals surface area contributed by atoms with Gasteiger partial charge in [-0.2, -0.15) is 0 Å². The van der Waals surface area contributed by atoms with Gasteiger partial charge in [0.05, 0.1) is 0 Å². The van der Waals surface area contributed by atoms with Gasteiger partial charge in [-0.3, -0.25) is 0 Å². The van der Waals surface area contributed by atoms with Gasteiger partial charge in [-0.05, 0) is 50.5 Å².